The van der Waals surface area contributed by atoms with E-state index in [1.807, 2.05) is 12.1 Å². The van der Waals surface area contributed by atoms with Crippen LogP contribution in [0.15, 0.2) is 28.7 Å². The summed E-state index contributed by atoms with van der Waals surface area (Å²) in [5, 5.41) is 3.46. The molecule has 1 aromatic rings. The Balaban J connectivity index is 2.13. The molecule has 0 bridgehead atoms. The van der Waals surface area contributed by atoms with Crippen LogP contribution in [0.4, 0.5) is 0 Å². The predicted octanol–water partition coefficient (Wildman–Crippen LogP) is 3.43. The van der Waals surface area contributed by atoms with Gasteiger partial charge >= 0.3 is 0 Å². The van der Waals surface area contributed by atoms with Crippen LogP contribution in [0, 0.1) is 6.92 Å². The lowest BCUT2D eigenvalue weighted by atomic mass is 9.77. The Kier molecular flexibility index (Phi) is 4.00. The van der Waals surface area contributed by atoms with Gasteiger partial charge in [-0.2, -0.15) is 0 Å². The zero-order valence-electron chi connectivity index (χ0n) is 9.79. The zero-order chi connectivity index (χ0) is 12.3. The van der Waals surface area contributed by atoms with Gasteiger partial charge in [0.25, 0.3) is 0 Å². The number of carbonyl (C=O) groups is 1. The van der Waals surface area contributed by atoms with Crippen molar-refractivity contribution in [1.82, 2.24) is 5.32 Å². The lowest BCUT2D eigenvalue weighted by molar-refractivity contribution is -0.116. The first kappa shape index (κ1) is 12.8. The summed E-state index contributed by atoms with van der Waals surface area (Å²) in [7, 11) is 0. The summed E-state index contributed by atoms with van der Waals surface area (Å²) in [5.74, 6) is 0. The van der Waals surface area contributed by atoms with Crippen molar-refractivity contribution in [1.29, 1.82) is 0 Å². The second-order valence-electron chi connectivity index (χ2n) is 4.67. The van der Waals surface area contributed by atoms with Gasteiger partial charge in [0.2, 0.25) is 0 Å². The second-order valence-corrected chi connectivity index (χ2v) is 5.58. The van der Waals surface area contributed by atoms with Crippen LogP contribution in [0.1, 0.15) is 37.3 Å². The maximum atomic E-state index is 11.2. The van der Waals surface area contributed by atoms with E-state index in [1.165, 1.54) is 5.56 Å². The first-order chi connectivity index (χ1) is 8.19. The third-order valence-electron chi connectivity index (χ3n) is 3.47. The maximum absolute atomic E-state index is 11.2. The molecule has 1 aromatic carbocycles. The molecule has 91 valence electrons. The molecule has 17 heavy (non-hydrogen) atoms. The standard InChI is InChI=1S/C14H17BrNO/c1-2-13(11-5-3-6-12(15)9-11)16-14(10-17)7-4-8-14/h3,5-6,9-10,13,16H,1-2,4,7-8H2. The monoisotopic (exact) mass is 294 g/mol. The van der Waals surface area contributed by atoms with Crippen LogP contribution >= 0.6 is 15.9 Å². The highest BCUT2D eigenvalue weighted by molar-refractivity contribution is 9.10. The summed E-state index contributed by atoms with van der Waals surface area (Å²) in [5.41, 5.74) is 0.882. The molecule has 0 aromatic heterocycles. The van der Waals surface area contributed by atoms with Gasteiger partial charge in [-0.25, -0.2) is 0 Å². The van der Waals surface area contributed by atoms with E-state index in [2.05, 4.69) is 40.3 Å². The van der Waals surface area contributed by atoms with Crippen LogP contribution < -0.4 is 5.32 Å². The molecule has 0 amide bonds. The van der Waals surface area contributed by atoms with Crippen molar-refractivity contribution in [3.8, 4) is 0 Å². The van der Waals surface area contributed by atoms with Crippen molar-refractivity contribution in [3.05, 3.63) is 41.2 Å². The largest absolute Gasteiger partial charge is 0.301 e. The first-order valence-corrected chi connectivity index (χ1v) is 6.77. The summed E-state index contributed by atoms with van der Waals surface area (Å²) in [6, 6.07) is 8.32. The van der Waals surface area contributed by atoms with Gasteiger partial charge in [0.05, 0.1) is 5.54 Å². The van der Waals surface area contributed by atoms with Crippen LogP contribution in [0.2, 0.25) is 0 Å². The summed E-state index contributed by atoms with van der Waals surface area (Å²) >= 11 is 3.47. The number of aldehydes is 1. The highest BCUT2D eigenvalue weighted by atomic mass is 79.9. The Morgan fingerprint density at radius 2 is 2.29 bits per heavy atom. The lowest BCUT2D eigenvalue weighted by Gasteiger charge is -2.40. The fourth-order valence-electron chi connectivity index (χ4n) is 2.25. The van der Waals surface area contributed by atoms with Crippen LogP contribution in [-0.2, 0) is 4.79 Å². The molecule has 2 nitrogen and oxygen atoms in total. The van der Waals surface area contributed by atoms with Gasteiger partial charge < -0.3 is 4.79 Å². The zero-order valence-corrected chi connectivity index (χ0v) is 11.4. The Morgan fingerprint density at radius 1 is 1.53 bits per heavy atom. The number of halogens is 1. The van der Waals surface area contributed by atoms with E-state index in [0.29, 0.717) is 0 Å². The predicted molar refractivity (Wildman–Crippen MR) is 72.6 cm³/mol. The van der Waals surface area contributed by atoms with Crippen molar-refractivity contribution >= 4 is 22.2 Å². The molecule has 1 radical (unpaired) electrons. The van der Waals surface area contributed by atoms with E-state index < -0.39 is 0 Å². The fraction of sp³-hybridized carbons (Fsp3) is 0.429. The normalized spacial score (nSPS) is 19.4. The Hall–Kier alpha value is -0.670. The minimum atomic E-state index is -0.301. The highest BCUT2D eigenvalue weighted by Crippen LogP contribution is 2.33. The molecule has 1 unspecified atom stereocenters. The van der Waals surface area contributed by atoms with Gasteiger partial charge in [0.15, 0.2) is 0 Å². The number of carbonyl (C=O) groups excluding carboxylic acids is 1. The minimum absolute atomic E-state index is 0.151. The molecule has 2 rings (SSSR count). The molecule has 1 aliphatic carbocycles. The van der Waals surface area contributed by atoms with Gasteiger partial charge in [-0.15, -0.1) is 0 Å². The second kappa shape index (κ2) is 5.32. The topological polar surface area (TPSA) is 29.1 Å². The Bertz CT molecular complexity index is 401. The van der Waals surface area contributed by atoms with E-state index >= 15 is 0 Å². The average molecular weight is 295 g/mol. The third kappa shape index (κ3) is 2.78. The molecule has 1 N–H and O–H groups in total. The number of nitrogens with one attached hydrogen (secondary N) is 1. The molecule has 0 saturated heterocycles. The summed E-state index contributed by atoms with van der Waals surface area (Å²) in [4.78, 5) is 11.2. The van der Waals surface area contributed by atoms with Crippen LogP contribution in [0.3, 0.4) is 0 Å². The van der Waals surface area contributed by atoms with E-state index in [-0.39, 0.29) is 11.6 Å². The Morgan fingerprint density at radius 3 is 2.76 bits per heavy atom. The van der Waals surface area contributed by atoms with Gasteiger partial charge in [-0.1, -0.05) is 35.0 Å². The number of hydrogen-bond donors (Lipinski definition) is 1. The van der Waals surface area contributed by atoms with E-state index in [1.54, 1.807) is 0 Å². The van der Waals surface area contributed by atoms with Crippen LogP contribution in [0.25, 0.3) is 0 Å². The smallest absolute Gasteiger partial charge is 0.140 e. The number of hydrogen-bond acceptors (Lipinski definition) is 2. The van der Waals surface area contributed by atoms with E-state index in [4.69, 9.17) is 0 Å². The van der Waals surface area contributed by atoms with Crippen LogP contribution in [-0.4, -0.2) is 11.8 Å². The van der Waals surface area contributed by atoms with E-state index in [9.17, 15) is 4.79 Å². The molecular formula is C14H17BrNO. The molecule has 1 atom stereocenters. The molecule has 0 heterocycles. The van der Waals surface area contributed by atoms with Crippen molar-refractivity contribution < 1.29 is 4.79 Å². The van der Waals surface area contributed by atoms with Gasteiger partial charge in [-0.05, 0) is 43.4 Å². The molecule has 1 saturated carbocycles. The van der Waals surface area contributed by atoms with Crippen molar-refractivity contribution in [2.45, 2.75) is 37.3 Å². The van der Waals surface area contributed by atoms with Crippen LogP contribution in [0.5, 0.6) is 0 Å². The summed E-state index contributed by atoms with van der Waals surface area (Å²) in [6.45, 7) is 3.98. The molecule has 1 aliphatic rings. The lowest BCUT2D eigenvalue weighted by Crippen LogP contribution is -2.53. The van der Waals surface area contributed by atoms with Gasteiger partial charge in [0.1, 0.15) is 6.29 Å². The molecule has 3 heteroatoms. The SMILES string of the molecule is [CH2]CC(NC1(C=O)CCC1)c1cccc(Br)c1. The minimum Gasteiger partial charge on any atom is -0.301 e. The average Bonchev–Trinajstić information content (AvgIpc) is 2.29. The maximum Gasteiger partial charge on any atom is 0.140 e. The third-order valence-corrected chi connectivity index (χ3v) is 3.97. The van der Waals surface area contributed by atoms with Crippen molar-refractivity contribution in [3.63, 3.8) is 0 Å². The molecule has 0 spiro atoms. The Labute approximate surface area is 111 Å². The van der Waals surface area contributed by atoms with E-state index in [0.717, 1.165) is 36.4 Å². The van der Waals surface area contributed by atoms with Gasteiger partial charge in [0, 0.05) is 10.5 Å². The first-order valence-electron chi connectivity index (χ1n) is 5.98. The molecular weight excluding hydrogens is 278 g/mol. The fourth-order valence-corrected chi connectivity index (χ4v) is 2.66. The molecule has 0 aliphatic heterocycles. The molecule has 1 fully saturated rings. The van der Waals surface area contributed by atoms with Crippen molar-refractivity contribution in [2.75, 3.05) is 0 Å². The van der Waals surface area contributed by atoms with Crippen molar-refractivity contribution in [2.24, 2.45) is 0 Å². The number of benzene rings is 1. The van der Waals surface area contributed by atoms with Gasteiger partial charge in [-0.3, -0.25) is 5.32 Å². The number of rotatable bonds is 5. The summed E-state index contributed by atoms with van der Waals surface area (Å²) in [6.07, 6.45) is 4.83. The summed E-state index contributed by atoms with van der Waals surface area (Å²) < 4.78 is 1.06. The quantitative estimate of drug-likeness (QED) is 0.843. The highest BCUT2D eigenvalue weighted by Gasteiger charge is 2.38.